The van der Waals surface area contributed by atoms with Crippen LogP contribution in [0.4, 0.5) is 10.1 Å². The van der Waals surface area contributed by atoms with Crippen molar-refractivity contribution in [3.05, 3.63) is 57.8 Å². The van der Waals surface area contributed by atoms with Crippen LogP contribution >= 0.6 is 15.9 Å². The monoisotopic (exact) mass is 338 g/mol. The van der Waals surface area contributed by atoms with Gasteiger partial charge in [-0.1, -0.05) is 6.07 Å². The van der Waals surface area contributed by atoms with Gasteiger partial charge in [0.15, 0.2) is 0 Å². The minimum absolute atomic E-state index is 0.173. The number of benzene rings is 2. The Morgan fingerprint density at radius 1 is 1.25 bits per heavy atom. The summed E-state index contributed by atoms with van der Waals surface area (Å²) in [6.07, 6.45) is 0. The second-order valence-corrected chi connectivity index (χ2v) is 5.00. The highest BCUT2D eigenvalue weighted by Crippen LogP contribution is 2.23. The molecule has 6 heteroatoms. The highest BCUT2D eigenvalue weighted by Gasteiger charge is 2.06. The number of nitrogen functional groups attached to an aromatic ring is 1. The van der Waals surface area contributed by atoms with E-state index in [0.717, 1.165) is 0 Å². The first-order valence-corrected chi connectivity index (χ1v) is 6.52. The maximum absolute atomic E-state index is 13.3. The van der Waals surface area contributed by atoms with Gasteiger partial charge in [0.1, 0.15) is 18.2 Å². The number of nitrogens with two attached hydrogens (primary N) is 2. The fourth-order valence-corrected chi connectivity index (χ4v) is 1.85. The lowest BCUT2D eigenvalue weighted by Gasteiger charge is -2.10. The van der Waals surface area contributed by atoms with Gasteiger partial charge in [0.05, 0.1) is 4.47 Å². The van der Waals surface area contributed by atoms with Gasteiger partial charge in [0.25, 0.3) is 0 Å². The van der Waals surface area contributed by atoms with Gasteiger partial charge in [-0.2, -0.15) is 0 Å². The van der Waals surface area contributed by atoms with E-state index in [1.807, 2.05) is 0 Å². The number of ether oxygens (including phenoxy) is 1. The summed E-state index contributed by atoms with van der Waals surface area (Å²) in [4.78, 5) is 11.0. The Kier molecular flexibility index (Phi) is 4.24. The van der Waals surface area contributed by atoms with Crippen molar-refractivity contribution in [1.82, 2.24) is 0 Å². The molecule has 2 rings (SSSR count). The molecule has 2 aromatic carbocycles. The van der Waals surface area contributed by atoms with Crippen molar-refractivity contribution in [2.75, 3.05) is 5.73 Å². The first-order chi connectivity index (χ1) is 9.47. The number of carbonyl (C=O) groups excluding carboxylic acids is 1. The zero-order valence-corrected chi connectivity index (χ0v) is 12.0. The molecule has 0 atom stereocenters. The van der Waals surface area contributed by atoms with Crippen LogP contribution in [-0.4, -0.2) is 5.91 Å². The molecule has 0 unspecified atom stereocenters. The fraction of sp³-hybridized carbons (Fsp3) is 0.0714. The summed E-state index contributed by atoms with van der Waals surface area (Å²) in [5, 5.41) is 0. The van der Waals surface area contributed by atoms with Crippen LogP contribution < -0.4 is 16.2 Å². The first kappa shape index (κ1) is 14.3. The summed E-state index contributed by atoms with van der Waals surface area (Å²) in [6.45, 7) is 0.173. The third-order valence-electron chi connectivity index (χ3n) is 2.72. The summed E-state index contributed by atoms with van der Waals surface area (Å²) in [5.41, 5.74) is 12.4. The van der Waals surface area contributed by atoms with Crippen LogP contribution in [0.15, 0.2) is 40.9 Å². The van der Waals surface area contributed by atoms with E-state index in [2.05, 4.69) is 15.9 Å². The summed E-state index contributed by atoms with van der Waals surface area (Å²) >= 11 is 3.06. The van der Waals surface area contributed by atoms with E-state index in [1.165, 1.54) is 12.1 Å². The van der Waals surface area contributed by atoms with Crippen molar-refractivity contribution in [3.63, 3.8) is 0 Å². The van der Waals surface area contributed by atoms with Gasteiger partial charge in [-0.3, -0.25) is 4.79 Å². The molecule has 0 radical (unpaired) electrons. The molecule has 0 fully saturated rings. The number of anilines is 1. The van der Waals surface area contributed by atoms with Crippen LogP contribution in [0.25, 0.3) is 0 Å². The lowest BCUT2D eigenvalue weighted by molar-refractivity contribution is 0.100. The third-order valence-corrected chi connectivity index (χ3v) is 3.36. The lowest BCUT2D eigenvalue weighted by atomic mass is 10.1. The Morgan fingerprint density at radius 2 is 2.00 bits per heavy atom. The molecule has 0 aromatic heterocycles. The second-order valence-electron chi connectivity index (χ2n) is 4.14. The van der Waals surface area contributed by atoms with Gasteiger partial charge in [-0.25, -0.2) is 4.39 Å². The molecule has 0 aliphatic carbocycles. The standard InChI is InChI=1S/C14H12BrFN2O2/c15-11-4-3-10(6-12(11)16)20-7-9-2-1-8(14(18)19)5-13(9)17/h1-6H,7,17H2,(H2,18,19). The van der Waals surface area contributed by atoms with Crippen LogP contribution in [0.2, 0.25) is 0 Å². The molecule has 0 bridgehead atoms. The quantitative estimate of drug-likeness (QED) is 0.841. The zero-order chi connectivity index (χ0) is 14.7. The van der Waals surface area contributed by atoms with Gasteiger partial charge >= 0.3 is 0 Å². The van der Waals surface area contributed by atoms with Gasteiger partial charge in [-0.05, 0) is 40.2 Å². The van der Waals surface area contributed by atoms with E-state index in [4.69, 9.17) is 16.2 Å². The minimum Gasteiger partial charge on any atom is -0.489 e. The molecule has 2 aromatic rings. The Hall–Kier alpha value is -2.08. The van der Waals surface area contributed by atoms with Crippen LogP contribution in [0, 0.1) is 5.82 Å². The topological polar surface area (TPSA) is 78.3 Å². The molecule has 0 aliphatic rings. The van der Waals surface area contributed by atoms with Crippen molar-refractivity contribution in [3.8, 4) is 5.75 Å². The van der Waals surface area contributed by atoms with Crippen molar-refractivity contribution >= 4 is 27.5 Å². The predicted octanol–water partition coefficient (Wildman–Crippen LogP) is 2.85. The van der Waals surface area contributed by atoms with Crippen molar-refractivity contribution in [1.29, 1.82) is 0 Å². The smallest absolute Gasteiger partial charge is 0.248 e. The van der Waals surface area contributed by atoms with E-state index in [9.17, 15) is 9.18 Å². The molecule has 0 saturated heterocycles. The van der Waals surface area contributed by atoms with E-state index in [0.29, 0.717) is 27.0 Å². The second kappa shape index (κ2) is 5.92. The molecule has 0 spiro atoms. The zero-order valence-electron chi connectivity index (χ0n) is 10.4. The molecule has 0 aliphatic heterocycles. The normalized spacial score (nSPS) is 10.3. The maximum Gasteiger partial charge on any atom is 0.248 e. The highest BCUT2D eigenvalue weighted by molar-refractivity contribution is 9.10. The Balaban J connectivity index is 2.10. The van der Waals surface area contributed by atoms with E-state index < -0.39 is 11.7 Å². The van der Waals surface area contributed by atoms with Gasteiger partial charge in [0, 0.05) is 22.9 Å². The van der Waals surface area contributed by atoms with E-state index in [-0.39, 0.29) is 6.61 Å². The minimum atomic E-state index is -0.542. The Labute approximate surface area is 123 Å². The summed E-state index contributed by atoms with van der Waals surface area (Å²) < 4.78 is 19.1. The molecule has 4 nitrogen and oxygen atoms in total. The predicted molar refractivity (Wildman–Crippen MR) is 77.8 cm³/mol. The van der Waals surface area contributed by atoms with Crippen molar-refractivity contribution < 1.29 is 13.9 Å². The number of hydrogen-bond acceptors (Lipinski definition) is 3. The SMILES string of the molecule is NC(=O)c1ccc(COc2ccc(Br)c(F)c2)c(N)c1. The average Bonchev–Trinajstić information content (AvgIpc) is 2.41. The number of hydrogen-bond donors (Lipinski definition) is 2. The lowest BCUT2D eigenvalue weighted by Crippen LogP contribution is -2.12. The maximum atomic E-state index is 13.3. The van der Waals surface area contributed by atoms with Crippen molar-refractivity contribution in [2.45, 2.75) is 6.61 Å². The number of amides is 1. The summed E-state index contributed by atoms with van der Waals surface area (Å²) in [7, 11) is 0. The van der Waals surface area contributed by atoms with Crippen LogP contribution in [0.1, 0.15) is 15.9 Å². The largest absolute Gasteiger partial charge is 0.489 e. The number of primary amides is 1. The first-order valence-electron chi connectivity index (χ1n) is 5.73. The summed E-state index contributed by atoms with van der Waals surface area (Å²) in [5.74, 6) is -0.553. The highest BCUT2D eigenvalue weighted by atomic mass is 79.9. The molecule has 0 heterocycles. The fourth-order valence-electron chi connectivity index (χ4n) is 1.61. The molecule has 1 amide bonds. The average molecular weight is 339 g/mol. The van der Waals surface area contributed by atoms with Gasteiger partial charge < -0.3 is 16.2 Å². The molecule has 0 saturated carbocycles. The van der Waals surface area contributed by atoms with E-state index >= 15 is 0 Å². The molecule has 4 N–H and O–H groups in total. The Morgan fingerprint density at radius 3 is 2.60 bits per heavy atom. The number of rotatable bonds is 4. The van der Waals surface area contributed by atoms with Crippen LogP contribution in [0.5, 0.6) is 5.75 Å². The number of carbonyl (C=O) groups is 1. The van der Waals surface area contributed by atoms with Gasteiger partial charge in [0.2, 0.25) is 5.91 Å². The van der Waals surface area contributed by atoms with E-state index in [1.54, 1.807) is 24.3 Å². The van der Waals surface area contributed by atoms with Crippen molar-refractivity contribution in [2.24, 2.45) is 5.73 Å². The molecular formula is C14H12BrFN2O2. The Bertz CT molecular complexity index is 662. The van der Waals surface area contributed by atoms with Crippen LogP contribution in [-0.2, 0) is 6.61 Å². The number of halogens is 2. The summed E-state index contributed by atoms with van der Waals surface area (Å²) in [6, 6.07) is 9.19. The molecular weight excluding hydrogens is 327 g/mol. The van der Waals surface area contributed by atoms with Crippen LogP contribution in [0.3, 0.4) is 0 Å². The molecule has 20 heavy (non-hydrogen) atoms. The third kappa shape index (κ3) is 3.27. The molecule has 104 valence electrons. The van der Waals surface area contributed by atoms with Gasteiger partial charge in [-0.15, -0.1) is 0 Å².